The van der Waals surface area contributed by atoms with Gasteiger partial charge in [-0.25, -0.2) is 19.0 Å². The van der Waals surface area contributed by atoms with Gasteiger partial charge in [0.25, 0.3) is 0 Å². The van der Waals surface area contributed by atoms with E-state index in [4.69, 9.17) is 4.74 Å². The van der Waals surface area contributed by atoms with Gasteiger partial charge in [0.1, 0.15) is 23.7 Å². The van der Waals surface area contributed by atoms with Gasteiger partial charge in [0.2, 0.25) is 5.43 Å². The molecule has 0 amide bonds. The minimum atomic E-state index is -1.06. The van der Waals surface area contributed by atoms with Crippen molar-refractivity contribution in [1.82, 2.24) is 34.8 Å². The molecule has 0 aliphatic carbocycles. The highest BCUT2D eigenvalue weighted by molar-refractivity contribution is 5.57. The first kappa shape index (κ1) is 22.9. The molecule has 5 rings (SSSR count). The fourth-order valence-corrected chi connectivity index (χ4v) is 4.13. The van der Waals surface area contributed by atoms with Crippen molar-refractivity contribution in [2.24, 2.45) is 7.05 Å². The SMILES string of the molecule is CC(c1cccc(-c2ncc(O[C@@H]3CCNC[C@H]3F)cn2)c1)c1nn(-c2cnn(C)c2)ccc1=O. The molecule has 10 heteroatoms. The predicted octanol–water partition coefficient (Wildman–Crippen LogP) is 2.65. The topological polar surface area (TPSA) is 99.8 Å². The molecule has 1 aromatic carbocycles. The molecule has 3 aromatic heterocycles. The summed E-state index contributed by atoms with van der Waals surface area (Å²) in [6.07, 6.45) is 7.33. The molecule has 1 N–H and O–H groups in total. The maximum atomic E-state index is 14.0. The second-order valence-corrected chi connectivity index (χ2v) is 8.64. The van der Waals surface area contributed by atoms with Crippen LogP contribution in [0, 0.1) is 0 Å². The molecule has 1 unspecified atom stereocenters. The highest BCUT2D eigenvalue weighted by atomic mass is 19.1. The Kier molecular flexibility index (Phi) is 6.37. The van der Waals surface area contributed by atoms with Gasteiger partial charge in [-0.2, -0.15) is 10.2 Å². The van der Waals surface area contributed by atoms with Gasteiger partial charge in [-0.1, -0.05) is 25.1 Å². The molecule has 1 saturated heterocycles. The first-order chi connectivity index (χ1) is 17.0. The van der Waals surface area contributed by atoms with Crippen LogP contribution in [0.4, 0.5) is 4.39 Å². The second-order valence-electron chi connectivity index (χ2n) is 8.64. The Morgan fingerprint density at radius 1 is 1.20 bits per heavy atom. The summed E-state index contributed by atoms with van der Waals surface area (Å²) in [7, 11) is 1.83. The Morgan fingerprint density at radius 3 is 2.77 bits per heavy atom. The van der Waals surface area contributed by atoms with Crippen molar-refractivity contribution < 1.29 is 9.13 Å². The fraction of sp³-hybridized carbons (Fsp3) is 0.320. The third-order valence-corrected chi connectivity index (χ3v) is 6.11. The standard InChI is InChI=1S/C25H26FN7O2/c1-16(24-22(34)7-9-33(31-24)19-11-30-32(2)15-19)17-4-3-5-18(10-17)25-28-12-20(13-29-25)35-23-6-8-27-14-21(23)26/h3-5,7,9-13,15-16,21,23,27H,6,8,14H2,1-2H3/t16?,21-,23-/m1/s1. The van der Waals surface area contributed by atoms with Gasteiger partial charge in [0.05, 0.1) is 24.8 Å². The molecule has 0 bridgehead atoms. The molecule has 0 spiro atoms. The number of hydrogen-bond acceptors (Lipinski definition) is 7. The highest BCUT2D eigenvalue weighted by Gasteiger charge is 2.26. The van der Waals surface area contributed by atoms with Gasteiger partial charge in [0.15, 0.2) is 11.6 Å². The van der Waals surface area contributed by atoms with Crippen LogP contribution in [0.5, 0.6) is 5.75 Å². The molecule has 3 atom stereocenters. The Hall–Kier alpha value is -3.92. The third kappa shape index (κ3) is 4.97. The number of halogens is 1. The number of piperidine rings is 1. The zero-order chi connectivity index (χ0) is 24.4. The van der Waals surface area contributed by atoms with E-state index in [9.17, 15) is 9.18 Å². The smallest absolute Gasteiger partial charge is 0.203 e. The van der Waals surface area contributed by atoms with Gasteiger partial charge >= 0.3 is 0 Å². The van der Waals surface area contributed by atoms with Crippen LogP contribution in [0.1, 0.15) is 30.5 Å². The number of nitrogens with zero attached hydrogens (tertiary/aromatic N) is 6. The minimum absolute atomic E-state index is 0.134. The quantitative estimate of drug-likeness (QED) is 0.458. The van der Waals surface area contributed by atoms with E-state index in [1.165, 1.54) is 6.07 Å². The van der Waals surface area contributed by atoms with E-state index >= 15 is 0 Å². The van der Waals surface area contributed by atoms with Gasteiger partial charge < -0.3 is 10.1 Å². The summed E-state index contributed by atoms with van der Waals surface area (Å²) in [5.41, 5.74) is 2.78. The van der Waals surface area contributed by atoms with E-state index in [1.807, 2.05) is 44.4 Å². The normalized spacial score (nSPS) is 18.8. The molecule has 1 fully saturated rings. The molecule has 1 aliphatic rings. The summed E-state index contributed by atoms with van der Waals surface area (Å²) in [5, 5.41) is 11.8. The Balaban J connectivity index is 1.37. The van der Waals surface area contributed by atoms with Crippen molar-refractivity contribution in [3.63, 3.8) is 0 Å². The van der Waals surface area contributed by atoms with Crippen LogP contribution in [0.25, 0.3) is 17.1 Å². The largest absolute Gasteiger partial charge is 0.484 e. The van der Waals surface area contributed by atoms with Crippen LogP contribution < -0.4 is 15.5 Å². The van der Waals surface area contributed by atoms with Crippen LogP contribution in [-0.2, 0) is 7.05 Å². The lowest BCUT2D eigenvalue weighted by molar-refractivity contribution is 0.0725. The molecule has 180 valence electrons. The summed E-state index contributed by atoms with van der Waals surface area (Å²) < 4.78 is 23.1. The lowest BCUT2D eigenvalue weighted by atomic mass is 9.95. The van der Waals surface area contributed by atoms with Gasteiger partial charge in [-0.05, 0) is 24.6 Å². The van der Waals surface area contributed by atoms with Crippen molar-refractivity contribution in [3.8, 4) is 22.8 Å². The average molecular weight is 476 g/mol. The van der Waals surface area contributed by atoms with Crippen molar-refractivity contribution in [1.29, 1.82) is 0 Å². The molecule has 0 saturated carbocycles. The van der Waals surface area contributed by atoms with Crippen molar-refractivity contribution in [2.75, 3.05) is 13.1 Å². The number of alkyl halides is 1. The molecular formula is C25H26FN7O2. The van der Waals surface area contributed by atoms with Gasteiger partial charge in [0, 0.05) is 37.3 Å². The molecule has 4 heterocycles. The fourth-order valence-electron chi connectivity index (χ4n) is 4.13. The zero-order valence-corrected chi connectivity index (χ0v) is 19.5. The summed E-state index contributed by atoms with van der Waals surface area (Å²) >= 11 is 0. The average Bonchev–Trinajstić information content (AvgIpc) is 3.32. The second kappa shape index (κ2) is 9.75. The Bertz CT molecular complexity index is 1370. The summed E-state index contributed by atoms with van der Waals surface area (Å²) in [6, 6.07) is 9.23. The van der Waals surface area contributed by atoms with E-state index in [0.29, 0.717) is 23.7 Å². The molecule has 0 radical (unpaired) electrons. The van der Waals surface area contributed by atoms with E-state index in [0.717, 1.165) is 23.4 Å². The zero-order valence-electron chi connectivity index (χ0n) is 19.5. The molecular weight excluding hydrogens is 449 g/mol. The molecule has 4 aromatic rings. The minimum Gasteiger partial charge on any atom is -0.484 e. The highest BCUT2D eigenvalue weighted by Crippen LogP contribution is 2.26. The van der Waals surface area contributed by atoms with Gasteiger partial charge in [-0.3, -0.25) is 9.48 Å². The maximum Gasteiger partial charge on any atom is 0.203 e. The number of ether oxygens (including phenoxy) is 1. The summed E-state index contributed by atoms with van der Waals surface area (Å²) in [4.78, 5) is 21.5. The molecule has 1 aliphatic heterocycles. The van der Waals surface area contributed by atoms with Crippen LogP contribution >= 0.6 is 0 Å². The van der Waals surface area contributed by atoms with Gasteiger partial charge in [-0.15, -0.1) is 0 Å². The van der Waals surface area contributed by atoms with Crippen LogP contribution in [0.15, 0.2) is 66.1 Å². The predicted molar refractivity (Wildman–Crippen MR) is 128 cm³/mol. The molecule has 9 nitrogen and oxygen atoms in total. The first-order valence-corrected chi connectivity index (χ1v) is 11.5. The Labute approximate surface area is 201 Å². The maximum absolute atomic E-state index is 14.0. The number of aromatic nitrogens is 6. The number of hydrogen-bond donors (Lipinski definition) is 1. The van der Waals surface area contributed by atoms with Crippen LogP contribution in [-0.4, -0.2) is 54.9 Å². The lowest BCUT2D eigenvalue weighted by Crippen LogP contribution is -2.44. The molecule has 35 heavy (non-hydrogen) atoms. The van der Waals surface area contributed by atoms with Crippen molar-refractivity contribution in [3.05, 3.63) is 82.8 Å². The number of rotatable bonds is 6. The monoisotopic (exact) mass is 475 g/mol. The van der Waals surface area contributed by atoms with E-state index in [1.54, 1.807) is 34.2 Å². The number of nitrogens with one attached hydrogen (secondary N) is 1. The van der Waals surface area contributed by atoms with Crippen LogP contribution in [0.3, 0.4) is 0 Å². The number of benzene rings is 1. The first-order valence-electron chi connectivity index (χ1n) is 11.5. The lowest BCUT2D eigenvalue weighted by Gasteiger charge is -2.27. The van der Waals surface area contributed by atoms with E-state index in [-0.39, 0.29) is 17.9 Å². The van der Waals surface area contributed by atoms with E-state index in [2.05, 4.69) is 25.5 Å². The summed E-state index contributed by atoms with van der Waals surface area (Å²) in [5.74, 6) is 0.704. The van der Waals surface area contributed by atoms with Crippen molar-refractivity contribution in [2.45, 2.75) is 31.5 Å². The van der Waals surface area contributed by atoms with Crippen LogP contribution in [0.2, 0.25) is 0 Å². The third-order valence-electron chi connectivity index (χ3n) is 6.11. The van der Waals surface area contributed by atoms with E-state index < -0.39 is 12.3 Å². The summed E-state index contributed by atoms with van der Waals surface area (Å²) in [6.45, 7) is 2.96. The Morgan fingerprint density at radius 2 is 2.03 bits per heavy atom. The van der Waals surface area contributed by atoms with Crippen molar-refractivity contribution >= 4 is 0 Å². The number of aryl methyl sites for hydroxylation is 1.